The van der Waals surface area contributed by atoms with E-state index in [1.165, 1.54) is 26.0 Å². The summed E-state index contributed by atoms with van der Waals surface area (Å²) in [4.78, 5) is 28.1. The van der Waals surface area contributed by atoms with Gasteiger partial charge in [0.1, 0.15) is 17.2 Å². The van der Waals surface area contributed by atoms with Crippen molar-refractivity contribution in [2.75, 3.05) is 32.0 Å². The molecule has 7 heteroatoms. The van der Waals surface area contributed by atoms with Gasteiger partial charge in [0.15, 0.2) is 0 Å². The van der Waals surface area contributed by atoms with Crippen molar-refractivity contribution < 1.29 is 23.8 Å². The van der Waals surface area contributed by atoms with Crippen molar-refractivity contribution in [3.8, 4) is 17.2 Å². The lowest BCUT2D eigenvalue weighted by atomic mass is 10.1. The molecule has 146 valence electrons. The largest absolute Gasteiger partial charge is 0.497 e. The Hall–Kier alpha value is -2.93. The van der Waals surface area contributed by atoms with Gasteiger partial charge in [-0.05, 0) is 35.6 Å². The molecule has 2 aromatic rings. The minimum Gasteiger partial charge on any atom is -0.497 e. The van der Waals surface area contributed by atoms with E-state index in [9.17, 15) is 9.59 Å². The highest BCUT2D eigenvalue weighted by atomic mass is 32.2. The zero-order valence-electron chi connectivity index (χ0n) is 16.1. The van der Waals surface area contributed by atoms with Crippen LogP contribution in [0.25, 0.3) is 5.57 Å². The summed E-state index contributed by atoms with van der Waals surface area (Å²) in [5, 5.41) is 0. The fraction of sp³-hybridized carbons (Fsp3) is 0.238. The Bertz CT molecular complexity index is 936. The molecule has 0 atom stereocenters. The van der Waals surface area contributed by atoms with Crippen molar-refractivity contribution in [3.63, 3.8) is 0 Å². The van der Waals surface area contributed by atoms with Gasteiger partial charge < -0.3 is 14.2 Å². The van der Waals surface area contributed by atoms with Gasteiger partial charge in [0.2, 0.25) is 0 Å². The highest BCUT2D eigenvalue weighted by molar-refractivity contribution is 8.04. The van der Waals surface area contributed by atoms with E-state index in [0.29, 0.717) is 44.7 Å². The molecule has 0 radical (unpaired) electrons. The van der Waals surface area contributed by atoms with Crippen LogP contribution in [0, 0.1) is 0 Å². The Kier molecular flexibility index (Phi) is 5.94. The normalized spacial score (nSPS) is 13.9. The van der Waals surface area contributed by atoms with Crippen LogP contribution in [0.1, 0.15) is 12.5 Å². The molecule has 0 fully saturated rings. The van der Waals surface area contributed by atoms with Gasteiger partial charge in [-0.15, -0.1) is 11.8 Å². The van der Waals surface area contributed by atoms with Crippen LogP contribution in [0.4, 0.5) is 5.69 Å². The van der Waals surface area contributed by atoms with Crippen molar-refractivity contribution >= 4 is 34.8 Å². The third-order valence-corrected chi connectivity index (χ3v) is 5.29. The molecule has 0 saturated heterocycles. The molecule has 0 spiro atoms. The fourth-order valence-corrected chi connectivity index (χ4v) is 3.84. The molecule has 28 heavy (non-hydrogen) atoms. The van der Waals surface area contributed by atoms with Gasteiger partial charge in [-0.25, -0.2) is 4.90 Å². The Morgan fingerprint density at radius 2 is 1.50 bits per heavy atom. The summed E-state index contributed by atoms with van der Waals surface area (Å²) >= 11 is 1.35. The number of benzene rings is 2. The lowest BCUT2D eigenvalue weighted by Crippen LogP contribution is -2.31. The molecule has 6 nitrogen and oxygen atoms in total. The average Bonchev–Trinajstić information content (AvgIpc) is 2.97. The van der Waals surface area contributed by atoms with Gasteiger partial charge in [0.25, 0.3) is 11.8 Å². The molecule has 0 N–H and O–H groups in total. The number of hydrogen-bond donors (Lipinski definition) is 0. The SMILES string of the molecule is CCSC1=C(c2ccc(OC)cc2)C(=O)N(c2cc(OC)ccc2OC)C1=O. The summed E-state index contributed by atoms with van der Waals surface area (Å²) in [6, 6.07) is 12.1. The Morgan fingerprint density at radius 1 is 0.857 bits per heavy atom. The van der Waals surface area contributed by atoms with Crippen LogP contribution >= 0.6 is 11.8 Å². The fourth-order valence-electron chi connectivity index (χ4n) is 2.99. The van der Waals surface area contributed by atoms with Gasteiger partial charge in [0.05, 0.1) is 37.5 Å². The number of rotatable bonds is 7. The van der Waals surface area contributed by atoms with Crippen molar-refractivity contribution in [3.05, 3.63) is 52.9 Å². The van der Waals surface area contributed by atoms with E-state index in [4.69, 9.17) is 14.2 Å². The first kappa shape index (κ1) is 19.8. The maximum atomic E-state index is 13.3. The minimum absolute atomic E-state index is 0.356. The van der Waals surface area contributed by atoms with Crippen molar-refractivity contribution in [2.24, 2.45) is 0 Å². The third kappa shape index (κ3) is 3.45. The number of hydrogen-bond acceptors (Lipinski definition) is 6. The first-order chi connectivity index (χ1) is 13.5. The lowest BCUT2D eigenvalue weighted by molar-refractivity contribution is -0.119. The quantitative estimate of drug-likeness (QED) is 0.661. The number of nitrogens with zero attached hydrogens (tertiary/aromatic N) is 1. The van der Waals surface area contributed by atoms with Crippen LogP contribution in [0.2, 0.25) is 0 Å². The van der Waals surface area contributed by atoms with E-state index < -0.39 is 5.91 Å². The molecule has 0 bridgehead atoms. The molecule has 0 unspecified atom stereocenters. The van der Waals surface area contributed by atoms with E-state index in [1.54, 1.807) is 49.6 Å². The first-order valence-corrected chi connectivity index (χ1v) is 9.66. The van der Waals surface area contributed by atoms with Crippen LogP contribution < -0.4 is 19.1 Å². The number of carbonyl (C=O) groups excluding carboxylic acids is 2. The van der Waals surface area contributed by atoms with Crippen LogP contribution in [0.5, 0.6) is 17.2 Å². The van der Waals surface area contributed by atoms with E-state index in [2.05, 4.69) is 0 Å². The van der Waals surface area contributed by atoms with Crippen molar-refractivity contribution in [2.45, 2.75) is 6.92 Å². The molecular weight excluding hydrogens is 378 g/mol. The molecule has 1 heterocycles. The van der Waals surface area contributed by atoms with Crippen LogP contribution in [0.3, 0.4) is 0 Å². The number of amides is 2. The van der Waals surface area contributed by atoms with Crippen LogP contribution in [-0.4, -0.2) is 38.9 Å². The Morgan fingerprint density at radius 3 is 2.07 bits per heavy atom. The minimum atomic E-state index is -0.391. The monoisotopic (exact) mass is 399 g/mol. The summed E-state index contributed by atoms with van der Waals surface area (Å²) in [6.07, 6.45) is 0. The Balaban J connectivity index is 2.11. The molecule has 3 rings (SSSR count). The smallest absolute Gasteiger partial charge is 0.272 e. The topological polar surface area (TPSA) is 65.1 Å². The molecule has 2 aromatic carbocycles. The van der Waals surface area contributed by atoms with E-state index in [0.717, 1.165) is 4.90 Å². The zero-order chi connectivity index (χ0) is 20.3. The molecular formula is C21H21NO5S. The second kappa shape index (κ2) is 8.39. The summed E-state index contributed by atoms with van der Waals surface area (Å²) < 4.78 is 15.8. The zero-order valence-corrected chi connectivity index (χ0v) is 17.0. The summed E-state index contributed by atoms with van der Waals surface area (Å²) in [7, 11) is 4.60. The molecule has 0 aliphatic carbocycles. The number of thioether (sulfide) groups is 1. The number of anilines is 1. The number of carbonyl (C=O) groups is 2. The number of imide groups is 1. The van der Waals surface area contributed by atoms with Gasteiger partial charge >= 0.3 is 0 Å². The second-order valence-electron chi connectivity index (χ2n) is 5.85. The summed E-state index contributed by atoms with van der Waals surface area (Å²) in [5.74, 6) is 1.53. The van der Waals surface area contributed by atoms with Crippen LogP contribution in [-0.2, 0) is 9.59 Å². The lowest BCUT2D eigenvalue weighted by Gasteiger charge is -2.19. The second-order valence-corrected chi connectivity index (χ2v) is 7.12. The predicted molar refractivity (Wildman–Crippen MR) is 110 cm³/mol. The molecule has 0 saturated carbocycles. The highest BCUT2D eigenvalue weighted by Crippen LogP contribution is 2.42. The number of methoxy groups -OCH3 is 3. The third-order valence-electron chi connectivity index (χ3n) is 4.34. The number of ether oxygens (including phenoxy) is 3. The standard InChI is InChI=1S/C21H21NO5S/c1-5-28-19-18(13-6-8-14(25-2)9-7-13)20(23)22(21(19)24)16-12-15(26-3)10-11-17(16)27-4/h6-12H,5H2,1-4H3. The van der Waals surface area contributed by atoms with Gasteiger partial charge in [-0.3, -0.25) is 9.59 Å². The first-order valence-electron chi connectivity index (χ1n) is 8.68. The highest BCUT2D eigenvalue weighted by Gasteiger charge is 2.41. The molecule has 2 amide bonds. The summed E-state index contributed by atoms with van der Waals surface area (Å²) in [6.45, 7) is 1.94. The predicted octanol–water partition coefficient (Wildman–Crippen LogP) is 3.75. The Labute approximate surface area is 168 Å². The maximum absolute atomic E-state index is 13.3. The average molecular weight is 399 g/mol. The van der Waals surface area contributed by atoms with E-state index >= 15 is 0 Å². The van der Waals surface area contributed by atoms with Gasteiger partial charge in [-0.1, -0.05) is 19.1 Å². The van der Waals surface area contributed by atoms with Crippen molar-refractivity contribution in [1.82, 2.24) is 0 Å². The van der Waals surface area contributed by atoms with E-state index in [-0.39, 0.29) is 5.91 Å². The molecule has 1 aliphatic heterocycles. The van der Waals surface area contributed by atoms with Crippen LogP contribution in [0.15, 0.2) is 47.4 Å². The van der Waals surface area contributed by atoms with E-state index in [1.807, 2.05) is 6.92 Å². The van der Waals surface area contributed by atoms with Gasteiger partial charge in [-0.2, -0.15) is 0 Å². The van der Waals surface area contributed by atoms with Gasteiger partial charge in [0, 0.05) is 6.07 Å². The summed E-state index contributed by atoms with van der Waals surface area (Å²) in [5.41, 5.74) is 1.40. The maximum Gasteiger partial charge on any atom is 0.272 e. The molecule has 1 aliphatic rings. The molecule has 0 aromatic heterocycles. The van der Waals surface area contributed by atoms with Crippen molar-refractivity contribution in [1.29, 1.82) is 0 Å².